The molecule has 2 aromatic rings. The number of hydrogen-bond acceptors (Lipinski definition) is 3. The minimum absolute atomic E-state index is 0.0440. The average molecular weight is 284 g/mol. The number of fused-ring (bicyclic) bond motifs is 1. The van der Waals surface area contributed by atoms with Gasteiger partial charge in [-0.15, -0.1) is 0 Å². The van der Waals surface area contributed by atoms with Gasteiger partial charge in [0, 0.05) is 25.4 Å². The summed E-state index contributed by atoms with van der Waals surface area (Å²) in [4.78, 5) is 20.9. The zero-order chi connectivity index (χ0) is 14.7. The van der Waals surface area contributed by atoms with Gasteiger partial charge in [0.1, 0.15) is 11.5 Å². The molecule has 3 rings (SSSR count). The molecule has 3 heterocycles. The van der Waals surface area contributed by atoms with Crippen molar-refractivity contribution < 1.29 is 4.79 Å². The summed E-state index contributed by atoms with van der Waals surface area (Å²) in [6.07, 6.45) is 9.63. The molecule has 0 saturated carbocycles. The molecule has 1 N–H and O–H groups in total. The summed E-state index contributed by atoms with van der Waals surface area (Å²) in [5, 5.41) is 3.04. The first-order valence-corrected chi connectivity index (χ1v) is 7.51. The number of nitrogens with zero attached hydrogens (tertiary/aromatic N) is 3. The van der Waals surface area contributed by atoms with Crippen LogP contribution in [-0.2, 0) is 13.0 Å². The topological polar surface area (TPSA) is 59.8 Å². The number of imidazole rings is 1. The number of rotatable bonds is 3. The molecule has 0 aromatic carbocycles. The second-order valence-corrected chi connectivity index (χ2v) is 5.50. The molecule has 0 unspecified atom stereocenters. The van der Waals surface area contributed by atoms with Crippen LogP contribution in [0, 0.1) is 0 Å². The monoisotopic (exact) mass is 284 g/mol. The molecule has 1 atom stereocenters. The number of aryl methyl sites for hydroxylation is 1. The second-order valence-electron chi connectivity index (χ2n) is 5.50. The van der Waals surface area contributed by atoms with Crippen molar-refractivity contribution in [3.63, 3.8) is 0 Å². The number of aromatic nitrogens is 3. The van der Waals surface area contributed by atoms with Gasteiger partial charge in [-0.25, -0.2) is 4.98 Å². The Labute approximate surface area is 124 Å². The van der Waals surface area contributed by atoms with Crippen molar-refractivity contribution in [1.29, 1.82) is 0 Å². The van der Waals surface area contributed by atoms with Gasteiger partial charge in [-0.05, 0) is 37.5 Å². The minimum atomic E-state index is -0.0556. The Kier molecular flexibility index (Phi) is 3.99. The third-order valence-corrected chi connectivity index (χ3v) is 4.01. The zero-order valence-corrected chi connectivity index (χ0v) is 12.2. The first-order valence-electron chi connectivity index (χ1n) is 7.51. The van der Waals surface area contributed by atoms with Crippen LogP contribution in [0.15, 0.2) is 30.7 Å². The molecule has 0 radical (unpaired) electrons. The van der Waals surface area contributed by atoms with Crippen LogP contribution in [0.3, 0.4) is 0 Å². The molecule has 110 valence electrons. The summed E-state index contributed by atoms with van der Waals surface area (Å²) in [5.41, 5.74) is 1.72. The highest BCUT2D eigenvalue weighted by Crippen LogP contribution is 2.17. The Balaban J connectivity index is 1.75. The van der Waals surface area contributed by atoms with Gasteiger partial charge in [0.2, 0.25) is 0 Å². The van der Waals surface area contributed by atoms with E-state index in [1.54, 1.807) is 18.6 Å². The van der Waals surface area contributed by atoms with Crippen LogP contribution in [0.2, 0.25) is 0 Å². The lowest BCUT2D eigenvalue weighted by molar-refractivity contribution is 0.0930. The third-order valence-electron chi connectivity index (χ3n) is 4.01. The van der Waals surface area contributed by atoms with Gasteiger partial charge in [0.25, 0.3) is 5.91 Å². The fourth-order valence-electron chi connectivity index (χ4n) is 2.78. The van der Waals surface area contributed by atoms with Crippen molar-refractivity contribution in [2.75, 3.05) is 0 Å². The Morgan fingerprint density at radius 3 is 2.90 bits per heavy atom. The summed E-state index contributed by atoms with van der Waals surface area (Å²) in [6, 6.07) is 3.79. The maximum absolute atomic E-state index is 12.5. The summed E-state index contributed by atoms with van der Waals surface area (Å²) in [5.74, 6) is 0.981. The van der Waals surface area contributed by atoms with Crippen molar-refractivity contribution in [3.05, 3.63) is 47.8 Å². The van der Waals surface area contributed by atoms with Crippen LogP contribution < -0.4 is 5.32 Å². The predicted octanol–water partition coefficient (Wildman–Crippen LogP) is 2.50. The van der Waals surface area contributed by atoms with Crippen LogP contribution >= 0.6 is 0 Å². The standard InChI is InChI=1S/C16H20N4O/c1-12(13-6-8-17-9-7-13)19-16(21)14-11-18-15-5-3-2-4-10-20(14)15/h6-9,11-12H,2-5,10H2,1H3,(H,19,21)/t12-/m1/s1. The van der Waals surface area contributed by atoms with E-state index in [1.165, 1.54) is 6.42 Å². The van der Waals surface area contributed by atoms with Gasteiger partial charge < -0.3 is 9.88 Å². The maximum Gasteiger partial charge on any atom is 0.270 e. The van der Waals surface area contributed by atoms with Crippen molar-refractivity contribution in [1.82, 2.24) is 19.9 Å². The Morgan fingerprint density at radius 2 is 2.10 bits per heavy atom. The van der Waals surface area contributed by atoms with Crippen LogP contribution in [0.25, 0.3) is 0 Å². The van der Waals surface area contributed by atoms with E-state index in [4.69, 9.17) is 0 Å². The lowest BCUT2D eigenvalue weighted by Crippen LogP contribution is -2.29. The molecule has 0 spiro atoms. The number of nitrogens with one attached hydrogen (secondary N) is 1. The molecule has 1 aliphatic heterocycles. The van der Waals surface area contributed by atoms with E-state index < -0.39 is 0 Å². The van der Waals surface area contributed by atoms with Crippen molar-refractivity contribution >= 4 is 5.91 Å². The van der Waals surface area contributed by atoms with Crippen LogP contribution in [0.1, 0.15) is 54.1 Å². The summed E-state index contributed by atoms with van der Waals surface area (Å²) in [7, 11) is 0. The van der Waals surface area contributed by atoms with Gasteiger partial charge in [-0.1, -0.05) is 6.42 Å². The SMILES string of the molecule is C[C@@H](NC(=O)c1cnc2n1CCCCC2)c1ccncc1. The molecular weight excluding hydrogens is 264 g/mol. The Hall–Kier alpha value is -2.17. The molecule has 0 fully saturated rings. The fourth-order valence-corrected chi connectivity index (χ4v) is 2.78. The summed E-state index contributed by atoms with van der Waals surface area (Å²) in [6.45, 7) is 2.87. The van der Waals surface area contributed by atoms with Gasteiger partial charge in [0.05, 0.1) is 12.2 Å². The van der Waals surface area contributed by atoms with E-state index in [1.807, 2.05) is 19.1 Å². The number of amides is 1. The zero-order valence-electron chi connectivity index (χ0n) is 12.2. The largest absolute Gasteiger partial charge is 0.344 e. The van der Waals surface area contributed by atoms with E-state index in [0.29, 0.717) is 5.69 Å². The first-order chi connectivity index (χ1) is 10.3. The molecule has 21 heavy (non-hydrogen) atoms. The average Bonchev–Trinajstić information content (AvgIpc) is 2.77. The molecule has 0 aliphatic carbocycles. The Bertz CT molecular complexity index is 620. The van der Waals surface area contributed by atoms with E-state index in [2.05, 4.69) is 19.9 Å². The van der Waals surface area contributed by atoms with Crippen LogP contribution in [0.4, 0.5) is 0 Å². The molecule has 5 nitrogen and oxygen atoms in total. The number of carbonyl (C=O) groups excluding carboxylic acids is 1. The molecular formula is C16H20N4O. The fraction of sp³-hybridized carbons (Fsp3) is 0.438. The highest BCUT2D eigenvalue weighted by Gasteiger charge is 2.19. The minimum Gasteiger partial charge on any atom is -0.344 e. The molecule has 5 heteroatoms. The molecule has 1 amide bonds. The summed E-state index contributed by atoms with van der Waals surface area (Å²) >= 11 is 0. The van der Waals surface area contributed by atoms with Gasteiger partial charge in [0.15, 0.2) is 0 Å². The second kappa shape index (κ2) is 6.08. The number of hydrogen-bond donors (Lipinski definition) is 1. The van der Waals surface area contributed by atoms with Crippen molar-refractivity contribution in [3.8, 4) is 0 Å². The van der Waals surface area contributed by atoms with Crippen molar-refractivity contribution in [2.24, 2.45) is 0 Å². The smallest absolute Gasteiger partial charge is 0.270 e. The first kappa shape index (κ1) is 13.8. The number of pyridine rings is 1. The van der Waals surface area contributed by atoms with Crippen LogP contribution in [-0.4, -0.2) is 20.4 Å². The van der Waals surface area contributed by atoms with E-state index in [0.717, 1.165) is 37.2 Å². The maximum atomic E-state index is 12.5. The van der Waals surface area contributed by atoms with Gasteiger partial charge in [-0.2, -0.15) is 0 Å². The molecule has 0 bridgehead atoms. The van der Waals surface area contributed by atoms with E-state index in [9.17, 15) is 4.79 Å². The highest BCUT2D eigenvalue weighted by atomic mass is 16.2. The normalized spacial score (nSPS) is 15.9. The highest BCUT2D eigenvalue weighted by molar-refractivity contribution is 5.92. The lowest BCUT2D eigenvalue weighted by atomic mass is 10.1. The van der Waals surface area contributed by atoms with Gasteiger partial charge >= 0.3 is 0 Å². The van der Waals surface area contributed by atoms with E-state index in [-0.39, 0.29) is 11.9 Å². The quantitative estimate of drug-likeness (QED) is 0.942. The number of carbonyl (C=O) groups is 1. The van der Waals surface area contributed by atoms with Crippen LogP contribution in [0.5, 0.6) is 0 Å². The van der Waals surface area contributed by atoms with Crippen molar-refractivity contribution in [2.45, 2.75) is 45.2 Å². The van der Waals surface area contributed by atoms with E-state index >= 15 is 0 Å². The predicted molar refractivity (Wildman–Crippen MR) is 79.9 cm³/mol. The lowest BCUT2D eigenvalue weighted by Gasteiger charge is -2.15. The summed E-state index contributed by atoms with van der Waals surface area (Å²) < 4.78 is 2.07. The molecule has 1 aliphatic rings. The Morgan fingerprint density at radius 1 is 1.29 bits per heavy atom. The van der Waals surface area contributed by atoms with Gasteiger partial charge in [-0.3, -0.25) is 9.78 Å². The third kappa shape index (κ3) is 2.96. The molecule has 2 aromatic heterocycles. The molecule has 0 saturated heterocycles.